The molecule has 0 bridgehead atoms. The summed E-state index contributed by atoms with van der Waals surface area (Å²) in [5.74, 6) is 1.22. The van der Waals surface area contributed by atoms with Gasteiger partial charge in [-0.2, -0.15) is 19.6 Å². The second-order valence-electron chi connectivity index (χ2n) is 3.44. The van der Waals surface area contributed by atoms with Crippen molar-refractivity contribution in [2.24, 2.45) is 0 Å². The molecule has 2 heterocycles. The van der Waals surface area contributed by atoms with E-state index in [9.17, 15) is 0 Å². The molecule has 0 aliphatic carbocycles. The van der Waals surface area contributed by atoms with E-state index in [1.165, 1.54) is 6.33 Å². The van der Waals surface area contributed by atoms with Gasteiger partial charge >= 0.3 is 0 Å². The summed E-state index contributed by atoms with van der Waals surface area (Å²) in [6.07, 6.45) is 1.44. The molecule has 0 saturated carbocycles. The van der Waals surface area contributed by atoms with Crippen molar-refractivity contribution in [1.82, 2.24) is 19.6 Å². The van der Waals surface area contributed by atoms with E-state index in [2.05, 4.69) is 20.4 Å². The van der Waals surface area contributed by atoms with Crippen molar-refractivity contribution in [3.8, 4) is 0 Å². The lowest BCUT2D eigenvalue weighted by molar-refractivity contribution is 0.190. The van der Waals surface area contributed by atoms with Crippen LogP contribution in [0.4, 0.5) is 5.82 Å². The van der Waals surface area contributed by atoms with Crippen LogP contribution >= 0.6 is 11.6 Å². The molecule has 0 aliphatic rings. The molecule has 7 heteroatoms. The summed E-state index contributed by atoms with van der Waals surface area (Å²) in [6.45, 7) is 2.59. The minimum Gasteiger partial charge on any atom is -0.383 e. The Hall–Kier alpha value is -1.40. The largest absolute Gasteiger partial charge is 0.383 e. The molecule has 0 fully saturated rings. The predicted octanol–water partition coefficient (Wildman–Crippen LogP) is 1.22. The monoisotopic (exact) mass is 241 g/mol. The van der Waals surface area contributed by atoms with Crippen molar-refractivity contribution in [2.75, 3.05) is 19.0 Å². The van der Waals surface area contributed by atoms with Gasteiger partial charge in [0.2, 0.25) is 0 Å². The van der Waals surface area contributed by atoms with Crippen LogP contribution in [0.25, 0.3) is 5.78 Å². The molecule has 6 nitrogen and oxygen atoms in total. The van der Waals surface area contributed by atoms with Crippen LogP contribution < -0.4 is 5.32 Å². The first kappa shape index (κ1) is 11.1. The molecule has 0 spiro atoms. The number of hydrogen-bond donors (Lipinski definition) is 1. The number of methoxy groups -OCH3 is 1. The summed E-state index contributed by atoms with van der Waals surface area (Å²) in [5, 5.41) is 7.66. The minimum absolute atomic E-state index is 0.149. The van der Waals surface area contributed by atoms with Gasteiger partial charge in [-0.25, -0.2) is 0 Å². The standard InChI is InChI=1S/C9H12ClN5O/c1-6(4-16-2)13-8-3-7(10)14-9-11-5-12-15(8)9/h3,5-6,13H,4H2,1-2H3. The highest BCUT2D eigenvalue weighted by Crippen LogP contribution is 2.15. The lowest BCUT2D eigenvalue weighted by Gasteiger charge is -2.14. The van der Waals surface area contributed by atoms with Crippen LogP contribution in [0.5, 0.6) is 0 Å². The minimum atomic E-state index is 0.149. The zero-order chi connectivity index (χ0) is 11.5. The third kappa shape index (κ3) is 2.23. The molecule has 2 aromatic heterocycles. The maximum atomic E-state index is 5.88. The second kappa shape index (κ2) is 4.63. The van der Waals surface area contributed by atoms with E-state index >= 15 is 0 Å². The molecule has 86 valence electrons. The lowest BCUT2D eigenvalue weighted by Crippen LogP contribution is -2.22. The Bertz CT molecular complexity index is 486. The fourth-order valence-corrected chi connectivity index (χ4v) is 1.61. The molecule has 0 radical (unpaired) electrons. The maximum absolute atomic E-state index is 5.88. The number of aromatic nitrogens is 4. The number of halogens is 1. The molecule has 2 aromatic rings. The molecule has 0 aliphatic heterocycles. The lowest BCUT2D eigenvalue weighted by atomic mass is 10.3. The molecular formula is C9H12ClN5O. The van der Waals surface area contributed by atoms with Gasteiger partial charge in [-0.1, -0.05) is 11.6 Å². The summed E-state index contributed by atoms with van der Waals surface area (Å²) in [4.78, 5) is 8.01. The average Bonchev–Trinajstić information content (AvgIpc) is 2.65. The summed E-state index contributed by atoms with van der Waals surface area (Å²) < 4.78 is 6.64. The molecular weight excluding hydrogens is 230 g/mol. The van der Waals surface area contributed by atoms with Crippen LogP contribution in [0.15, 0.2) is 12.4 Å². The van der Waals surface area contributed by atoms with Gasteiger partial charge < -0.3 is 10.1 Å². The van der Waals surface area contributed by atoms with Crippen molar-refractivity contribution in [3.05, 3.63) is 17.5 Å². The summed E-state index contributed by atoms with van der Waals surface area (Å²) in [6, 6.07) is 1.85. The van der Waals surface area contributed by atoms with Gasteiger partial charge in [0, 0.05) is 19.2 Å². The Morgan fingerprint density at radius 2 is 2.44 bits per heavy atom. The van der Waals surface area contributed by atoms with Gasteiger partial charge in [0.1, 0.15) is 17.3 Å². The third-order valence-electron chi connectivity index (χ3n) is 2.03. The number of nitrogens with one attached hydrogen (secondary N) is 1. The van der Waals surface area contributed by atoms with Crippen LogP contribution in [0.3, 0.4) is 0 Å². The van der Waals surface area contributed by atoms with E-state index in [-0.39, 0.29) is 6.04 Å². The van der Waals surface area contributed by atoms with Crippen LogP contribution in [-0.4, -0.2) is 39.3 Å². The first-order valence-corrected chi connectivity index (χ1v) is 5.20. The molecule has 1 unspecified atom stereocenters. The van der Waals surface area contributed by atoms with Gasteiger partial charge in [0.15, 0.2) is 0 Å². The van der Waals surface area contributed by atoms with Crippen LogP contribution in [0, 0.1) is 0 Å². The summed E-state index contributed by atoms with van der Waals surface area (Å²) in [5.41, 5.74) is 0. The second-order valence-corrected chi connectivity index (χ2v) is 3.82. The smallest absolute Gasteiger partial charge is 0.255 e. The van der Waals surface area contributed by atoms with Gasteiger partial charge in [-0.05, 0) is 6.92 Å². The van der Waals surface area contributed by atoms with E-state index in [1.54, 1.807) is 17.7 Å². The highest BCUT2D eigenvalue weighted by Gasteiger charge is 2.08. The highest BCUT2D eigenvalue weighted by molar-refractivity contribution is 6.29. The van der Waals surface area contributed by atoms with E-state index in [1.807, 2.05) is 6.92 Å². The summed E-state index contributed by atoms with van der Waals surface area (Å²) in [7, 11) is 1.66. The van der Waals surface area contributed by atoms with Gasteiger partial charge in [-0.15, -0.1) is 0 Å². The van der Waals surface area contributed by atoms with Gasteiger partial charge in [0.25, 0.3) is 5.78 Å². The fraction of sp³-hybridized carbons (Fsp3) is 0.444. The molecule has 1 atom stereocenters. The Kier molecular flexibility index (Phi) is 3.21. The topological polar surface area (TPSA) is 64.3 Å². The van der Waals surface area contributed by atoms with E-state index in [4.69, 9.17) is 16.3 Å². The first-order chi connectivity index (χ1) is 7.70. The Balaban J connectivity index is 2.31. The van der Waals surface area contributed by atoms with Crippen LogP contribution in [-0.2, 0) is 4.74 Å². The Labute approximate surface area is 97.6 Å². The maximum Gasteiger partial charge on any atom is 0.255 e. The van der Waals surface area contributed by atoms with Crippen LogP contribution in [0.1, 0.15) is 6.92 Å². The third-order valence-corrected chi connectivity index (χ3v) is 2.23. The zero-order valence-corrected chi connectivity index (χ0v) is 9.77. The summed E-state index contributed by atoms with van der Waals surface area (Å²) >= 11 is 5.88. The molecule has 2 rings (SSSR count). The Morgan fingerprint density at radius 3 is 3.19 bits per heavy atom. The SMILES string of the molecule is COCC(C)Nc1cc(Cl)nc2ncnn12. The fourth-order valence-electron chi connectivity index (χ4n) is 1.43. The zero-order valence-electron chi connectivity index (χ0n) is 9.01. The highest BCUT2D eigenvalue weighted by atomic mass is 35.5. The normalized spacial score (nSPS) is 12.9. The molecule has 0 amide bonds. The average molecular weight is 242 g/mol. The van der Waals surface area contributed by atoms with E-state index in [0.29, 0.717) is 17.5 Å². The number of rotatable bonds is 4. The van der Waals surface area contributed by atoms with Crippen LogP contribution in [0.2, 0.25) is 5.15 Å². The molecule has 16 heavy (non-hydrogen) atoms. The van der Waals surface area contributed by atoms with E-state index < -0.39 is 0 Å². The van der Waals surface area contributed by atoms with Gasteiger partial charge in [0.05, 0.1) is 6.61 Å². The first-order valence-electron chi connectivity index (χ1n) is 4.82. The quantitative estimate of drug-likeness (QED) is 0.816. The van der Waals surface area contributed by atoms with Crippen molar-refractivity contribution >= 4 is 23.2 Å². The van der Waals surface area contributed by atoms with Crippen molar-refractivity contribution in [3.63, 3.8) is 0 Å². The van der Waals surface area contributed by atoms with Crippen molar-refractivity contribution in [2.45, 2.75) is 13.0 Å². The number of nitrogens with zero attached hydrogens (tertiary/aromatic N) is 4. The van der Waals surface area contributed by atoms with Gasteiger partial charge in [-0.3, -0.25) is 0 Å². The number of ether oxygens (including phenoxy) is 1. The number of fused-ring (bicyclic) bond motifs is 1. The number of hydrogen-bond acceptors (Lipinski definition) is 5. The predicted molar refractivity (Wildman–Crippen MR) is 60.8 cm³/mol. The Morgan fingerprint density at radius 1 is 1.62 bits per heavy atom. The molecule has 1 N–H and O–H groups in total. The molecule has 0 saturated heterocycles. The van der Waals surface area contributed by atoms with E-state index in [0.717, 1.165) is 5.82 Å². The van der Waals surface area contributed by atoms with Crippen molar-refractivity contribution in [1.29, 1.82) is 0 Å². The number of anilines is 1. The molecule has 0 aromatic carbocycles. The van der Waals surface area contributed by atoms with Crippen molar-refractivity contribution < 1.29 is 4.74 Å².